The van der Waals surface area contributed by atoms with Crippen LogP contribution < -0.4 is 4.90 Å². The Morgan fingerprint density at radius 3 is 2.47 bits per heavy atom. The molecule has 3 nitrogen and oxygen atoms in total. The van der Waals surface area contributed by atoms with Crippen molar-refractivity contribution in [1.29, 1.82) is 0 Å². The van der Waals surface area contributed by atoms with Crippen LogP contribution in [0.5, 0.6) is 5.75 Å². The molecule has 98 valence electrons. The number of carbonyl (C=O) groups is 1. The molecule has 0 heterocycles. The number of benzene rings is 2. The molecule has 0 spiro atoms. The maximum absolute atomic E-state index is 12.8. The van der Waals surface area contributed by atoms with Gasteiger partial charge in [0.25, 0.3) is 5.91 Å². The number of carbonyl (C=O) groups excluding carboxylic acids is 1. The topological polar surface area (TPSA) is 40.5 Å². The summed E-state index contributed by atoms with van der Waals surface area (Å²) in [5.74, 6) is -0.954. The highest BCUT2D eigenvalue weighted by Gasteiger charge is 2.17. The van der Waals surface area contributed by atoms with Gasteiger partial charge in [-0.25, -0.2) is 4.39 Å². The van der Waals surface area contributed by atoms with E-state index in [0.717, 1.165) is 0 Å². The van der Waals surface area contributed by atoms with E-state index in [1.807, 2.05) is 0 Å². The van der Waals surface area contributed by atoms with Crippen molar-refractivity contribution in [1.82, 2.24) is 0 Å². The maximum Gasteiger partial charge on any atom is 0.261 e. The lowest BCUT2D eigenvalue weighted by Crippen LogP contribution is -2.26. The van der Waals surface area contributed by atoms with Crippen LogP contribution in [0.1, 0.15) is 10.4 Å². The number of amides is 1. The molecule has 5 heteroatoms. The highest BCUT2D eigenvalue weighted by Crippen LogP contribution is 2.24. The number of phenols is 1. The first kappa shape index (κ1) is 13.4. The number of hydrogen-bond donors (Lipinski definition) is 1. The molecule has 0 saturated heterocycles. The Bertz CT molecular complexity index is 613. The van der Waals surface area contributed by atoms with Gasteiger partial charge in [0.05, 0.1) is 5.56 Å². The minimum Gasteiger partial charge on any atom is -0.507 e. The van der Waals surface area contributed by atoms with Crippen LogP contribution in [-0.4, -0.2) is 18.1 Å². The van der Waals surface area contributed by atoms with Gasteiger partial charge in [-0.3, -0.25) is 4.79 Å². The zero-order chi connectivity index (χ0) is 14.0. The molecule has 0 aliphatic carbocycles. The van der Waals surface area contributed by atoms with E-state index in [1.54, 1.807) is 0 Å². The number of rotatable bonds is 2. The normalized spacial score (nSPS) is 10.3. The molecule has 2 aromatic carbocycles. The van der Waals surface area contributed by atoms with Gasteiger partial charge >= 0.3 is 0 Å². The van der Waals surface area contributed by atoms with Crippen LogP contribution in [-0.2, 0) is 0 Å². The maximum atomic E-state index is 12.8. The molecule has 0 saturated carbocycles. The molecule has 1 amide bonds. The average Bonchev–Trinajstić information content (AvgIpc) is 2.41. The quantitative estimate of drug-likeness (QED) is 0.914. The van der Waals surface area contributed by atoms with E-state index in [1.165, 1.54) is 54.4 Å². The van der Waals surface area contributed by atoms with Crippen LogP contribution in [0.15, 0.2) is 42.5 Å². The van der Waals surface area contributed by atoms with Gasteiger partial charge in [0.2, 0.25) is 0 Å². The van der Waals surface area contributed by atoms with Crippen molar-refractivity contribution in [2.24, 2.45) is 0 Å². The van der Waals surface area contributed by atoms with Crippen LogP contribution in [0, 0.1) is 5.82 Å². The van der Waals surface area contributed by atoms with Crippen molar-refractivity contribution in [2.75, 3.05) is 11.9 Å². The molecule has 2 rings (SSSR count). The van der Waals surface area contributed by atoms with Crippen molar-refractivity contribution in [3.05, 3.63) is 58.9 Å². The monoisotopic (exact) mass is 279 g/mol. The fraction of sp³-hybridized carbons (Fsp3) is 0.0714. The van der Waals surface area contributed by atoms with E-state index in [4.69, 9.17) is 11.6 Å². The molecule has 0 aliphatic heterocycles. The summed E-state index contributed by atoms with van der Waals surface area (Å²) >= 11 is 5.80. The lowest BCUT2D eigenvalue weighted by atomic mass is 10.1. The van der Waals surface area contributed by atoms with Crippen LogP contribution in [0.4, 0.5) is 10.1 Å². The summed E-state index contributed by atoms with van der Waals surface area (Å²) in [6.07, 6.45) is 0. The van der Waals surface area contributed by atoms with E-state index in [-0.39, 0.29) is 17.1 Å². The molecule has 0 radical (unpaired) electrons. The molecular weight excluding hydrogens is 269 g/mol. The highest BCUT2D eigenvalue weighted by atomic mass is 35.5. The standard InChI is InChI=1S/C14H11ClFNO2/c1-17(11-5-3-10(16)4-6-11)14(19)12-8-9(15)2-7-13(12)18/h2-8,18H,1H3. The van der Waals surface area contributed by atoms with E-state index >= 15 is 0 Å². The van der Waals surface area contributed by atoms with Gasteiger partial charge in [0.15, 0.2) is 0 Å². The third-order valence-corrected chi connectivity index (χ3v) is 2.94. The predicted molar refractivity (Wildman–Crippen MR) is 72.3 cm³/mol. The second-order valence-corrected chi connectivity index (χ2v) is 4.44. The Kier molecular flexibility index (Phi) is 3.71. The fourth-order valence-electron chi connectivity index (χ4n) is 1.64. The molecule has 0 aliphatic rings. The third-order valence-electron chi connectivity index (χ3n) is 2.71. The fourth-order valence-corrected chi connectivity index (χ4v) is 1.81. The van der Waals surface area contributed by atoms with Gasteiger partial charge in [-0.05, 0) is 42.5 Å². The SMILES string of the molecule is CN(C(=O)c1cc(Cl)ccc1O)c1ccc(F)cc1. The van der Waals surface area contributed by atoms with Crippen molar-refractivity contribution in [3.8, 4) is 5.75 Å². The van der Waals surface area contributed by atoms with Gasteiger partial charge in [-0.15, -0.1) is 0 Å². The lowest BCUT2D eigenvalue weighted by molar-refractivity contribution is 0.0990. The summed E-state index contributed by atoms with van der Waals surface area (Å²) in [5, 5.41) is 10.0. The number of nitrogens with zero attached hydrogens (tertiary/aromatic N) is 1. The zero-order valence-corrected chi connectivity index (χ0v) is 10.9. The molecule has 0 aromatic heterocycles. The molecule has 1 N–H and O–H groups in total. The number of hydrogen-bond acceptors (Lipinski definition) is 2. The predicted octanol–water partition coefficient (Wildman–Crippen LogP) is 3.46. The van der Waals surface area contributed by atoms with E-state index in [0.29, 0.717) is 10.7 Å². The molecule has 0 unspecified atom stereocenters. The lowest BCUT2D eigenvalue weighted by Gasteiger charge is -2.18. The summed E-state index contributed by atoms with van der Waals surface area (Å²) in [7, 11) is 1.54. The van der Waals surface area contributed by atoms with E-state index in [2.05, 4.69) is 0 Å². The Hall–Kier alpha value is -2.07. The van der Waals surface area contributed by atoms with Crippen molar-refractivity contribution < 1.29 is 14.3 Å². The average molecular weight is 280 g/mol. The van der Waals surface area contributed by atoms with E-state index in [9.17, 15) is 14.3 Å². The summed E-state index contributed by atoms with van der Waals surface area (Å²) < 4.78 is 12.8. The van der Waals surface area contributed by atoms with Gasteiger partial charge in [-0.2, -0.15) is 0 Å². The van der Waals surface area contributed by atoms with Crippen LogP contribution >= 0.6 is 11.6 Å². The van der Waals surface area contributed by atoms with E-state index < -0.39 is 5.91 Å². The highest BCUT2D eigenvalue weighted by molar-refractivity contribution is 6.31. The second-order valence-electron chi connectivity index (χ2n) is 4.00. The van der Waals surface area contributed by atoms with Gasteiger partial charge in [0.1, 0.15) is 11.6 Å². The summed E-state index contributed by atoms with van der Waals surface area (Å²) in [6.45, 7) is 0. The van der Waals surface area contributed by atoms with Crippen LogP contribution in [0.2, 0.25) is 5.02 Å². The van der Waals surface area contributed by atoms with Gasteiger partial charge in [0, 0.05) is 17.8 Å². The van der Waals surface area contributed by atoms with Gasteiger partial charge < -0.3 is 10.0 Å². The minimum absolute atomic E-state index is 0.0966. The van der Waals surface area contributed by atoms with Crippen molar-refractivity contribution in [3.63, 3.8) is 0 Å². The smallest absolute Gasteiger partial charge is 0.261 e. The molecule has 0 bridgehead atoms. The Morgan fingerprint density at radius 2 is 1.84 bits per heavy atom. The molecule has 0 fully saturated rings. The number of phenolic OH excluding ortho intramolecular Hbond substituents is 1. The first-order chi connectivity index (χ1) is 8.99. The largest absolute Gasteiger partial charge is 0.507 e. The molecule has 0 atom stereocenters. The van der Waals surface area contributed by atoms with Crippen LogP contribution in [0.25, 0.3) is 0 Å². The first-order valence-electron chi connectivity index (χ1n) is 5.51. The van der Waals surface area contributed by atoms with Gasteiger partial charge in [-0.1, -0.05) is 11.6 Å². The van der Waals surface area contributed by atoms with Crippen molar-refractivity contribution in [2.45, 2.75) is 0 Å². The summed E-state index contributed by atoms with van der Waals surface area (Å²) in [5.41, 5.74) is 0.616. The molecular formula is C14H11ClFNO2. The zero-order valence-electron chi connectivity index (χ0n) is 10.1. The van der Waals surface area contributed by atoms with Crippen molar-refractivity contribution >= 4 is 23.2 Å². The summed E-state index contributed by atoms with van der Waals surface area (Å²) in [6, 6.07) is 9.72. The second kappa shape index (κ2) is 5.28. The first-order valence-corrected chi connectivity index (χ1v) is 5.89. The molecule has 19 heavy (non-hydrogen) atoms. The Morgan fingerprint density at radius 1 is 1.21 bits per heavy atom. The van der Waals surface area contributed by atoms with Crippen LogP contribution in [0.3, 0.4) is 0 Å². The third kappa shape index (κ3) is 2.85. The number of aromatic hydroxyl groups is 1. The number of halogens is 2. The Balaban J connectivity index is 2.33. The molecule has 2 aromatic rings. The Labute approximate surface area is 114 Å². The number of anilines is 1. The minimum atomic E-state index is -0.424. The summed E-state index contributed by atoms with van der Waals surface area (Å²) in [4.78, 5) is 13.5.